The molecule has 0 radical (unpaired) electrons. The van der Waals surface area contributed by atoms with Crippen molar-refractivity contribution in [1.29, 1.82) is 0 Å². The Labute approximate surface area is 59.6 Å². The number of hydrogen-bond donors (Lipinski definition) is 0. The van der Waals surface area contributed by atoms with Crippen LogP contribution in [0.15, 0.2) is 0 Å². The summed E-state index contributed by atoms with van der Waals surface area (Å²) in [6.07, 6.45) is 2.81. The van der Waals surface area contributed by atoms with E-state index >= 15 is 0 Å². The summed E-state index contributed by atoms with van der Waals surface area (Å²) in [6, 6.07) is 0. The van der Waals surface area contributed by atoms with Crippen LogP contribution in [0.5, 0.6) is 0 Å². The Hall–Kier alpha value is 0.390. The van der Waals surface area contributed by atoms with Crippen LogP contribution >= 0.6 is 8.15 Å². The highest BCUT2D eigenvalue weighted by atomic mass is 31.1. The van der Waals surface area contributed by atoms with Gasteiger partial charge in [0.25, 0.3) is 0 Å². The van der Waals surface area contributed by atoms with Crippen LogP contribution in [-0.2, 0) is 4.52 Å². The van der Waals surface area contributed by atoms with E-state index in [4.69, 9.17) is 4.52 Å². The minimum absolute atomic E-state index is 0.0957. The van der Waals surface area contributed by atoms with E-state index in [0.717, 1.165) is 0 Å². The molecule has 0 aromatic rings. The van der Waals surface area contributed by atoms with Gasteiger partial charge in [-0.15, -0.1) is 0 Å². The fourth-order valence-corrected chi connectivity index (χ4v) is 2.01. The molecule has 0 saturated heterocycles. The Morgan fingerprint density at radius 1 is 1.22 bits per heavy atom. The normalized spacial score (nSPS) is 11.3. The molecule has 0 aliphatic heterocycles. The molecule has 56 valence electrons. The van der Waals surface area contributed by atoms with Crippen LogP contribution in [0.2, 0.25) is 0 Å². The maximum Gasteiger partial charge on any atom is 0.0561 e. The average molecular weight is 148 g/mol. The van der Waals surface area contributed by atoms with Crippen molar-refractivity contribution in [2.75, 3.05) is 12.3 Å². The molecule has 0 aromatic heterocycles. The Morgan fingerprint density at radius 2 is 1.67 bits per heavy atom. The standard InChI is InChI=1S/C7H17OP/c1-5-9(6-2)8-7(3)4/h7H,5-6H2,1-4H3. The first-order valence-electron chi connectivity index (χ1n) is 3.62. The molecule has 9 heavy (non-hydrogen) atoms. The van der Waals surface area contributed by atoms with Crippen molar-refractivity contribution in [1.82, 2.24) is 0 Å². The van der Waals surface area contributed by atoms with Crippen molar-refractivity contribution in [2.24, 2.45) is 0 Å². The summed E-state index contributed by atoms with van der Waals surface area (Å²) >= 11 is 0. The highest BCUT2D eigenvalue weighted by molar-refractivity contribution is 7.52. The Morgan fingerprint density at radius 3 is 1.78 bits per heavy atom. The molecular weight excluding hydrogens is 131 g/mol. The SMILES string of the molecule is CCP(CC)OC(C)C. The molecule has 0 saturated carbocycles. The molecule has 0 N–H and O–H groups in total. The van der Waals surface area contributed by atoms with E-state index in [1.807, 2.05) is 0 Å². The summed E-state index contributed by atoms with van der Waals surface area (Å²) in [7, 11) is -0.0957. The molecule has 1 nitrogen and oxygen atoms in total. The molecule has 0 atom stereocenters. The number of hydrogen-bond acceptors (Lipinski definition) is 1. The van der Waals surface area contributed by atoms with Crippen LogP contribution < -0.4 is 0 Å². The molecule has 0 amide bonds. The van der Waals surface area contributed by atoms with E-state index in [-0.39, 0.29) is 8.15 Å². The molecule has 0 spiro atoms. The lowest BCUT2D eigenvalue weighted by molar-refractivity contribution is 0.271. The predicted molar refractivity (Wildman–Crippen MR) is 44.2 cm³/mol. The predicted octanol–water partition coefficient (Wildman–Crippen LogP) is 2.85. The monoisotopic (exact) mass is 148 g/mol. The zero-order valence-corrected chi connectivity index (χ0v) is 7.74. The first-order chi connectivity index (χ1) is 4.20. The molecule has 2 heteroatoms. The summed E-state index contributed by atoms with van der Waals surface area (Å²) in [5.41, 5.74) is 0. The second-order valence-electron chi connectivity index (χ2n) is 2.27. The van der Waals surface area contributed by atoms with Crippen LogP contribution in [0.25, 0.3) is 0 Å². The minimum atomic E-state index is -0.0957. The van der Waals surface area contributed by atoms with Crippen LogP contribution in [0.3, 0.4) is 0 Å². The fraction of sp³-hybridized carbons (Fsp3) is 1.00. The van der Waals surface area contributed by atoms with Crippen molar-refractivity contribution >= 4 is 8.15 Å². The molecular formula is C7H17OP. The third kappa shape index (κ3) is 4.87. The summed E-state index contributed by atoms with van der Waals surface area (Å²) in [4.78, 5) is 0. The third-order valence-corrected chi connectivity index (χ3v) is 3.20. The van der Waals surface area contributed by atoms with E-state index in [1.54, 1.807) is 0 Å². The van der Waals surface area contributed by atoms with Crippen molar-refractivity contribution in [3.05, 3.63) is 0 Å². The van der Waals surface area contributed by atoms with Gasteiger partial charge in [-0.3, -0.25) is 0 Å². The zero-order valence-electron chi connectivity index (χ0n) is 6.85. The van der Waals surface area contributed by atoms with Crippen LogP contribution in [-0.4, -0.2) is 18.4 Å². The molecule has 0 aliphatic carbocycles. The lowest BCUT2D eigenvalue weighted by Gasteiger charge is -2.16. The number of rotatable bonds is 4. The van der Waals surface area contributed by atoms with Gasteiger partial charge in [0.15, 0.2) is 0 Å². The Bertz CT molecular complexity index is 59.9. The van der Waals surface area contributed by atoms with Crippen molar-refractivity contribution < 1.29 is 4.52 Å². The fourth-order valence-electron chi connectivity index (χ4n) is 0.671. The largest absolute Gasteiger partial charge is 0.357 e. The van der Waals surface area contributed by atoms with Gasteiger partial charge in [0.05, 0.1) is 6.10 Å². The highest BCUT2D eigenvalue weighted by Crippen LogP contribution is 2.36. The first kappa shape index (κ1) is 9.39. The molecule has 0 aliphatic rings. The van der Waals surface area contributed by atoms with Crippen LogP contribution in [0.1, 0.15) is 27.7 Å². The molecule has 0 heterocycles. The second kappa shape index (κ2) is 5.20. The highest BCUT2D eigenvalue weighted by Gasteiger charge is 2.03. The molecule has 0 unspecified atom stereocenters. The quantitative estimate of drug-likeness (QED) is 0.557. The molecule has 0 fully saturated rings. The van der Waals surface area contributed by atoms with Gasteiger partial charge < -0.3 is 4.52 Å². The van der Waals surface area contributed by atoms with E-state index in [0.29, 0.717) is 6.10 Å². The van der Waals surface area contributed by atoms with E-state index in [2.05, 4.69) is 27.7 Å². The van der Waals surface area contributed by atoms with Crippen LogP contribution in [0.4, 0.5) is 0 Å². The zero-order chi connectivity index (χ0) is 7.28. The van der Waals surface area contributed by atoms with E-state index in [1.165, 1.54) is 12.3 Å². The minimum Gasteiger partial charge on any atom is -0.357 e. The summed E-state index contributed by atoms with van der Waals surface area (Å²) in [5, 5.41) is 0. The maximum absolute atomic E-state index is 5.61. The first-order valence-corrected chi connectivity index (χ1v) is 5.25. The van der Waals surface area contributed by atoms with Gasteiger partial charge in [0.2, 0.25) is 0 Å². The summed E-state index contributed by atoms with van der Waals surface area (Å²) in [5.74, 6) is 0. The van der Waals surface area contributed by atoms with Gasteiger partial charge in [-0.1, -0.05) is 13.8 Å². The van der Waals surface area contributed by atoms with Gasteiger partial charge >= 0.3 is 0 Å². The summed E-state index contributed by atoms with van der Waals surface area (Å²) < 4.78 is 5.61. The van der Waals surface area contributed by atoms with Gasteiger partial charge in [-0.05, 0) is 26.2 Å². The average Bonchev–Trinajstić information content (AvgIpc) is 1.82. The van der Waals surface area contributed by atoms with Gasteiger partial charge in [-0.25, -0.2) is 0 Å². The molecule has 0 rings (SSSR count). The van der Waals surface area contributed by atoms with Gasteiger partial charge in [-0.2, -0.15) is 0 Å². The lowest BCUT2D eigenvalue weighted by atomic mass is 10.5. The van der Waals surface area contributed by atoms with E-state index < -0.39 is 0 Å². The molecule has 0 bridgehead atoms. The van der Waals surface area contributed by atoms with E-state index in [9.17, 15) is 0 Å². The van der Waals surface area contributed by atoms with Gasteiger partial charge in [0.1, 0.15) is 0 Å². The topological polar surface area (TPSA) is 9.23 Å². The Balaban J connectivity index is 3.31. The lowest BCUT2D eigenvalue weighted by Crippen LogP contribution is -1.99. The second-order valence-corrected chi connectivity index (χ2v) is 4.71. The Kier molecular flexibility index (Phi) is 5.42. The third-order valence-electron chi connectivity index (χ3n) is 1.07. The maximum atomic E-state index is 5.61. The van der Waals surface area contributed by atoms with Crippen molar-refractivity contribution in [3.8, 4) is 0 Å². The van der Waals surface area contributed by atoms with Gasteiger partial charge in [0, 0.05) is 8.15 Å². The van der Waals surface area contributed by atoms with Crippen LogP contribution in [0, 0.1) is 0 Å². The molecule has 0 aromatic carbocycles. The van der Waals surface area contributed by atoms with Crippen molar-refractivity contribution in [3.63, 3.8) is 0 Å². The summed E-state index contributed by atoms with van der Waals surface area (Å²) in [6.45, 7) is 8.58. The van der Waals surface area contributed by atoms with Crippen molar-refractivity contribution in [2.45, 2.75) is 33.8 Å². The smallest absolute Gasteiger partial charge is 0.0561 e.